The second kappa shape index (κ2) is 9.69. The van der Waals surface area contributed by atoms with E-state index in [1.54, 1.807) is 23.9 Å². The minimum atomic E-state index is -0.740. The zero-order chi connectivity index (χ0) is 22.5. The molecule has 7 nitrogen and oxygen atoms in total. The molecule has 3 aromatic rings. The van der Waals surface area contributed by atoms with Crippen LogP contribution in [0.25, 0.3) is 11.1 Å². The van der Waals surface area contributed by atoms with Crippen molar-refractivity contribution in [1.82, 2.24) is 14.9 Å². The highest BCUT2D eigenvalue weighted by atomic mass is 16.5. The summed E-state index contributed by atoms with van der Waals surface area (Å²) < 4.78 is 7.40. The molecule has 0 aliphatic carbocycles. The average Bonchev–Trinajstić information content (AvgIpc) is 3.27. The van der Waals surface area contributed by atoms with Gasteiger partial charge < -0.3 is 24.8 Å². The first-order valence-corrected chi connectivity index (χ1v) is 10.5. The summed E-state index contributed by atoms with van der Waals surface area (Å²) in [6.07, 6.45) is 3.08. The smallest absolute Gasteiger partial charge is 0.222 e. The van der Waals surface area contributed by atoms with Gasteiger partial charge in [0, 0.05) is 18.0 Å². The number of aromatic nitrogens is 2. The molecule has 4 rings (SSSR count). The molecule has 3 atom stereocenters. The summed E-state index contributed by atoms with van der Waals surface area (Å²) in [6.45, 7) is 1.93. The van der Waals surface area contributed by atoms with Crippen molar-refractivity contribution in [1.29, 1.82) is 0 Å². The number of nitrogens with one attached hydrogen (secondary N) is 1. The molecule has 32 heavy (non-hydrogen) atoms. The van der Waals surface area contributed by atoms with Crippen LogP contribution < -0.4 is 10.1 Å². The van der Waals surface area contributed by atoms with Gasteiger partial charge in [-0.2, -0.15) is 0 Å². The lowest BCUT2D eigenvalue weighted by Crippen LogP contribution is -2.51. The van der Waals surface area contributed by atoms with E-state index in [0.717, 1.165) is 22.4 Å². The third kappa shape index (κ3) is 4.99. The van der Waals surface area contributed by atoms with E-state index in [0.29, 0.717) is 18.9 Å². The molecule has 7 heteroatoms. The fourth-order valence-electron chi connectivity index (χ4n) is 3.50. The van der Waals surface area contributed by atoms with Gasteiger partial charge >= 0.3 is 0 Å². The highest BCUT2D eigenvalue weighted by Crippen LogP contribution is 2.23. The van der Waals surface area contributed by atoms with Crippen molar-refractivity contribution in [2.75, 3.05) is 13.2 Å². The number of rotatable bonds is 7. The molecular formula is C25H25N3O4. The second-order valence-corrected chi connectivity index (χ2v) is 7.72. The van der Waals surface area contributed by atoms with Gasteiger partial charge in [-0.1, -0.05) is 36.1 Å². The molecular weight excluding hydrogens is 406 g/mol. The van der Waals surface area contributed by atoms with Crippen molar-refractivity contribution in [3.05, 3.63) is 72.3 Å². The van der Waals surface area contributed by atoms with Crippen LogP contribution in [0.3, 0.4) is 0 Å². The Morgan fingerprint density at radius 2 is 1.84 bits per heavy atom. The summed E-state index contributed by atoms with van der Waals surface area (Å²) in [5.74, 6) is 7.45. The number of benzene rings is 2. The van der Waals surface area contributed by atoms with E-state index < -0.39 is 12.1 Å². The predicted molar refractivity (Wildman–Crippen MR) is 120 cm³/mol. The highest BCUT2D eigenvalue weighted by molar-refractivity contribution is 5.82. The van der Waals surface area contributed by atoms with Crippen molar-refractivity contribution in [3.63, 3.8) is 0 Å². The molecule has 0 radical (unpaired) electrons. The molecule has 1 fully saturated rings. The molecule has 1 saturated heterocycles. The van der Waals surface area contributed by atoms with E-state index in [9.17, 15) is 15.0 Å². The second-order valence-electron chi connectivity index (χ2n) is 7.72. The van der Waals surface area contributed by atoms with Gasteiger partial charge in [0.15, 0.2) is 0 Å². The fourth-order valence-corrected chi connectivity index (χ4v) is 3.50. The molecule has 0 saturated carbocycles. The Hall–Kier alpha value is -3.60. The lowest BCUT2D eigenvalue weighted by molar-refractivity contribution is -0.128. The van der Waals surface area contributed by atoms with Gasteiger partial charge in [0.1, 0.15) is 30.3 Å². The average molecular weight is 431 g/mol. The largest absolute Gasteiger partial charge is 0.491 e. The molecule has 0 spiro atoms. The maximum Gasteiger partial charge on any atom is 0.222 e. The lowest BCUT2D eigenvalue weighted by Gasteiger charge is -2.26. The van der Waals surface area contributed by atoms with Crippen LogP contribution in [0.4, 0.5) is 0 Å². The van der Waals surface area contributed by atoms with Gasteiger partial charge in [0.2, 0.25) is 5.91 Å². The third-order valence-corrected chi connectivity index (χ3v) is 5.28. The van der Waals surface area contributed by atoms with Crippen LogP contribution in [-0.2, 0) is 4.79 Å². The quantitative estimate of drug-likeness (QED) is 0.395. The van der Waals surface area contributed by atoms with E-state index in [1.807, 2.05) is 48.5 Å². The topological polar surface area (TPSA) is 96.6 Å². The maximum absolute atomic E-state index is 10.9. The molecule has 1 aliphatic rings. The van der Waals surface area contributed by atoms with Crippen LogP contribution in [0.1, 0.15) is 36.9 Å². The SMILES string of the molecule is C[C@H](O)c1nccn1[C@@H](C#Cc1ccc(-c2ccc(OC[C@H]3CC(=O)N3)cc2)cc1)CO. The van der Waals surface area contributed by atoms with E-state index >= 15 is 0 Å². The van der Waals surface area contributed by atoms with E-state index in [2.05, 4.69) is 22.1 Å². The lowest BCUT2D eigenvalue weighted by atomic mass is 10.0. The van der Waals surface area contributed by atoms with Crippen LogP contribution in [0.2, 0.25) is 0 Å². The van der Waals surface area contributed by atoms with Gasteiger partial charge in [0.05, 0.1) is 19.1 Å². The zero-order valence-electron chi connectivity index (χ0n) is 17.7. The molecule has 0 unspecified atom stereocenters. The Morgan fingerprint density at radius 3 is 2.44 bits per heavy atom. The summed E-state index contributed by atoms with van der Waals surface area (Å²) in [7, 11) is 0. The Bertz CT molecular complexity index is 1120. The molecule has 2 heterocycles. The van der Waals surface area contributed by atoms with Gasteiger partial charge in [-0.3, -0.25) is 4.79 Å². The van der Waals surface area contributed by atoms with Crippen molar-refractivity contribution in [2.45, 2.75) is 31.5 Å². The van der Waals surface area contributed by atoms with Gasteiger partial charge in [-0.25, -0.2) is 4.98 Å². The van der Waals surface area contributed by atoms with E-state index in [4.69, 9.17) is 4.74 Å². The number of β-lactam (4-membered cyclic amide) rings is 1. The standard InChI is InChI=1S/C25H25N3O4/c1-17(30)25-26-12-13-28(25)22(15-29)9-4-18-2-5-19(6-3-18)20-7-10-23(11-8-20)32-16-21-14-24(31)27-21/h2-3,5-8,10-13,17,21-22,29-30H,14-16H2,1H3,(H,27,31)/t17-,21+,22-/m0/s1. The molecule has 1 amide bonds. The van der Waals surface area contributed by atoms with Crippen LogP contribution in [-0.4, -0.2) is 44.9 Å². The number of aliphatic hydroxyl groups is 2. The number of hydrogen-bond acceptors (Lipinski definition) is 5. The number of imidazole rings is 1. The van der Waals surface area contributed by atoms with Crippen molar-refractivity contribution >= 4 is 5.91 Å². The number of carbonyl (C=O) groups excluding carboxylic acids is 1. The number of hydrogen-bond donors (Lipinski definition) is 3. The monoisotopic (exact) mass is 431 g/mol. The predicted octanol–water partition coefficient (Wildman–Crippen LogP) is 2.46. The zero-order valence-corrected chi connectivity index (χ0v) is 17.7. The number of carbonyl (C=O) groups is 1. The highest BCUT2D eigenvalue weighted by Gasteiger charge is 2.25. The first-order chi connectivity index (χ1) is 15.5. The Morgan fingerprint density at radius 1 is 1.19 bits per heavy atom. The first kappa shape index (κ1) is 21.6. The number of nitrogens with zero attached hydrogens (tertiary/aromatic N) is 2. The Balaban J connectivity index is 1.40. The summed E-state index contributed by atoms with van der Waals surface area (Å²) in [4.78, 5) is 15.1. The minimum absolute atomic E-state index is 0.0696. The molecule has 164 valence electrons. The summed E-state index contributed by atoms with van der Waals surface area (Å²) in [6, 6.07) is 15.3. The number of amides is 1. The number of aliphatic hydroxyl groups excluding tert-OH is 2. The van der Waals surface area contributed by atoms with Crippen LogP contribution in [0.5, 0.6) is 5.75 Å². The molecule has 2 aromatic carbocycles. The normalized spacial score (nSPS) is 16.8. The Kier molecular flexibility index (Phi) is 6.55. The van der Waals surface area contributed by atoms with Gasteiger partial charge in [-0.05, 0) is 42.3 Å². The molecule has 1 aromatic heterocycles. The molecule has 3 N–H and O–H groups in total. The summed E-state index contributed by atoms with van der Waals surface area (Å²) >= 11 is 0. The van der Waals surface area contributed by atoms with Gasteiger partial charge in [0.25, 0.3) is 0 Å². The summed E-state index contributed by atoms with van der Waals surface area (Å²) in [5, 5.41) is 22.3. The maximum atomic E-state index is 10.9. The summed E-state index contributed by atoms with van der Waals surface area (Å²) in [5.41, 5.74) is 2.94. The fraction of sp³-hybridized carbons (Fsp3) is 0.280. The van der Waals surface area contributed by atoms with E-state index in [1.165, 1.54) is 0 Å². The molecule has 0 bridgehead atoms. The minimum Gasteiger partial charge on any atom is -0.491 e. The first-order valence-electron chi connectivity index (χ1n) is 10.5. The van der Waals surface area contributed by atoms with Crippen LogP contribution in [0.15, 0.2) is 60.9 Å². The number of ether oxygens (including phenoxy) is 1. The van der Waals surface area contributed by atoms with Crippen molar-refractivity contribution < 1.29 is 19.7 Å². The van der Waals surface area contributed by atoms with Crippen molar-refractivity contribution in [2.24, 2.45) is 0 Å². The van der Waals surface area contributed by atoms with Gasteiger partial charge in [-0.15, -0.1) is 0 Å². The van der Waals surface area contributed by atoms with Crippen molar-refractivity contribution in [3.8, 4) is 28.7 Å². The molecule has 1 aliphatic heterocycles. The Labute approximate surface area is 186 Å². The van der Waals surface area contributed by atoms with Crippen LogP contribution >= 0.6 is 0 Å². The van der Waals surface area contributed by atoms with Crippen LogP contribution in [0, 0.1) is 11.8 Å². The van der Waals surface area contributed by atoms with E-state index in [-0.39, 0.29) is 18.6 Å². The third-order valence-electron chi connectivity index (χ3n) is 5.28.